The van der Waals surface area contributed by atoms with E-state index in [2.05, 4.69) is 23.2 Å². The van der Waals surface area contributed by atoms with Gasteiger partial charge in [0.15, 0.2) is 0 Å². The summed E-state index contributed by atoms with van der Waals surface area (Å²) in [5.41, 5.74) is 0.408. The van der Waals surface area contributed by atoms with Gasteiger partial charge >= 0.3 is 0 Å². The summed E-state index contributed by atoms with van der Waals surface area (Å²) in [7, 11) is 0. The summed E-state index contributed by atoms with van der Waals surface area (Å²) < 4.78 is 0. The number of nitriles is 1. The lowest BCUT2D eigenvalue weighted by atomic mass is 9.77. The van der Waals surface area contributed by atoms with Crippen LogP contribution in [0.5, 0.6) is 0 Å². The zero-order valence-corrected chi connectivity index (χ0v) is 14.1. The molecule has 0 aromatic rings. The Morgan fingerprint density at radius 2 is 1.81 bits per heavy atom. The van der Waals surface area contributed by atoms with Crippen LogP contribution in [-0.2, 0) is 0 Å². The minimum Gasteiger partial charge on any atom is -0.303 e. The summed E-state index contributed by atoms with van der Waals surface area (Å²) in [6.45, 7) is 8.82. The van der Waals surface area contributed by atoms with Gasteiger partial charge < -0.3 is 4.90 Å². The fourth-order valence-corrected chi connectivity index (χ4v) is 4.26. The molecule has 2 aliphatic rings. The number of unbranched alkanes of at least 4 members (excludes halogenated alkanes) is 1. The molecule has 1 saturated heterocycles. The summed E-state index contributed by atoms with van der Waals surface area (Å²) >= 11 is 0. The molecule has 1 unspecified atom stereocenters. The van der Waals surface area contributed by atoms with Crippen molar-refractivity contribution >= 4 is 0 Å². The van der Waals surface area contributed by atoms with Crippen LogP contribution < -0.4 is 5.32 Å². The predicted octanol–water partition coefficient (Wildman–Crippen LogP) is 3.70. The smallest absolute Gasteiger partial charge is 0.103 e. The van der Waals surface area contributed by atoms with Gasteiger partial charge in [-0.1, -0.05) is 19.8 Å². The van der Waals surface area contributed by atoms with Crippen LogP contribution in [0.3, 0.4) is 0 Å². The lowest BCUT2D eigenvalue weighted by Crippen LogP contribution is -2.41. The Morgan fingerprint density at radius 1 is 1.14 bits per heavy atom. The van der Waals surface area contributed by atoms with E-state index < -0.39 is 0 Å². The highest BCUT2D eigenvalue weighted by Gasteiger charge is 2.36. The molecule has 1 atom stereocenters. The third-order valence-corrected chi connectivity index (χ3v) is 5.80. The van der Waals surface area contributed by atoms with Crippen LogP contribution in [0.25, 0.3) is 0 Å². The quantitative estimate of drug-likeness (QED) is 0.727. The number of hydrogen-bond donors (Lipinski definition) is 1. The van der Waals surface area contributed by atoms with Crippen LogP contribution in [0.2, 0.25) is 0 Å². The van der Waals surface area contributed by atoms with E-state index in [-0.39, 0.29) is 5.54 Å². The van der Waals surface area contributed by atoms with Crippen molar-refractivity contribution in [2.24, 2.45) is 5.41 Å². The van der Waals surface area contributed by atoms with Crippen LogP contribution in [0.1, 0.15) is 71.6 Å². The third kappa shape index (κ3) is 4.69. The zero-order valence-electron chi connectivity index (χ0n) is 14.1. The number of hydrogen-bond acceptors (Lipinski definition) is 3. The van der Waals surface area contributed by atoms with Crippen LogP contribution in [0.15, 0.2) is 0 Å². The Kier molecular flexibility index (Phi) is 6.08. The van der Waals surface area contributed by atoms with Gasteiger partial charge in [0, 0.05) is 0 Å². The normalized spacial score (nSPS) is 24.8. The molecule has 21 heavy (non-hydrogen) atoms. The Bertz CT molecular complexity index is 344. The fourth-order valence-electron chi connectivity index (χ4n) is 4.26. The Hall–Kier alpha value is -0.590. The molecule has 0 aromatic carbocycles. The second-order valence-electron chi connectivity index (χ2n) is 7.48. The maximum absolute atomic E-state index is 9.26. The summed E-state index contributed by atoms with van der Waals surface area (Å²) in [6.07, 6.45) is 12.1. The van der Waals surface area contributed by atoms with Gasteiger partial charge in [-0.3, -0.25) is 5.32 Å². The van der Waals surface area contributed by atoms with Crippen LogP contribution in [0, 0.1) is 16.7 Å². The summed E-state index contributed by atoms with van der Waals surface area (Å²) in [5.74, 6) is 0. The van der Waals surface area contributed by atoms with Crippen LogP contribution in [0.4, 0.5) is 0 Å². The van der Waals surface area contributed by atoms with Crippen molar-refractivity contribution < 1.29 is 0 Å². The van der Waals surface area contributed by atoms with E-state index in [1.165, 1.54) is 64.6 Å². The molecule has 0 radical (unpaired) electrons. The number of piperidine rings is 1. The van der Waals surface area contributed by atoms with E-state index in [1.807, 2.05) is 6.92 Å². The van der Waals surface area contributed by atoms with Gasteiger partial charge in [0.2, 0.25) is 0 Å². The third-order valence-electron chi connectivity index (χ3n) is 5.80. The maximum atomic E-state index is 9.26. The molecule has 0 amide bonds. The van der Waals surface area contributed by atoms with Crippen molar-refractivity contribution in [2.75, 3.05) is 26.2 Å². The van der Waals surface area contributed by atoms with E-state index in [9.17, 15) is 5.26 Å². The highest BCUT2D eigenvalue weighted by molar-refractivity contribution is 5.03. The minimum atomic E-state index is -0.329. The van der Waals surface area contributed by atoms with Crippen molar-refractivity contribution in [1.29, 1.82) is 5.26 Å². The first kappa shape index (κ1) is 16.8. The van der Waals surface area contributed by atoms with E-state index in [0.717, 1.165) is 24.8 Å². The summed E-state index contributed by atoms with van der Waals surface area (Å²) in [4.78, 5) is 2.65. The molecule has 3 nitrogen and oxygen atoms in total. The van der Waals surface area contributed by atoms with Crippen molar-refractivity contribution in [3.63, 3.8) is 0 Å². The molecular weight excluding hydrogens is 258 g/mol. The molecule has 0 aromatic heterocycles. The topological polar surface area (TPSA) is 39.1 Å². The van der Waals surface area contributed by atoms with Crippen LogP contribution in [-0.4, -0.2) is 36.6 Å². The van der Waals surface area contributed by atoms with Gasteiger partial charge in [0.1, 0.15) is 5.54 Å². The van der Waals surface area contributed by atoms with E-state index in [4.69, 9.17) is 0 Å². The molecule has 2 rings (SSSR count). The molecule has 2 fully saturated rings. The molecular formula is C18H33N3. The second-order valence-corrected chi connectivity index (χ2v) is 7.48. The summed E-state index contributed by atoms with van der Waals surface area (Å²) in [6, 6.07) is 2.43. The van der Waals surface area contributed by atoms with Gasteiger partial charge in [-0.15, -0.1) is 0 Å². The van der Waals surface area contributed by atoms with Crippen molar-refractivity contribution in [3.05, 3.63) is 0 Å². The molecule has 1 spiro atoms. The molecule has 3 heteroatoms. The van der Waals surface area contributed by atoms with Gasteiger partial charge in [-0.2, -0.15) is 5.26 Å². The SMILES string of the molecule is CCNC(C)(C#N)CCCCN1CCC2(CCCC2)CC1. The average Bonchev–Trinajstić information content (AvgIpc) is 2.94. The van der Waals surface area contributed by atoms with Crippen molar-refractivity contribution in [1.82, 2.24) is 10.2 Å². The highest BCUT2D eigenvalue weighted by atomic mass is 15.1. The molecule has 120 valence electrons. The maximum Gasteiger partial charge on any atom is 0.103 e. The second kappa shape index (κ2) is 7.61. The highest BCUT2D eigenvalue weighted by Crippen LogP contribution is 2.46. The number of nitrogens with zero attached hydrogens (tertiary/aromatic N) is 2. The number of likely N-dealkylation sites (tertiary alicyclic amines) is 1. The molecule has 1 aliphatic carbocycles. The molecule has 0 bridgehead atoms. The predicted molar refractivity (Wildman–Crippen MR) is 88.1 cm³/mol. The lowest BCUT2D eigenvalue weighted by molar-refractivity contribution is 0.107. The first-order valence-corrected chi connectivity index (χ1v) is 9.00. The Labute approximate surface area is 131 Å². The fraction of sp³-hybridized carbons (Fsp3) is 0.944. The van der Waals surface area contributed by atoms with Gasteiger partial charge in [-0.25, -0.2) is 0 Å². The van der Waals surface area contributed by atoms with E-state index >= 15 is 0 Å². The number of rotatable bonds is 7. The molecule has 1 N–H and O–H groups in total. The van der Waals surface area contributed by atoms with E-state index in [0.29, 0.717) is 0 Å². The lowest BCUT2D eigenvalue weighted by Gasteiger charge is -2.39. The summed E-state index contributed by atoms with van der Waals surface area (Å²) in [5, 5.41) is 12.6. The molecule has 1 heterocycles. The van der Waals surface area contributed by atoms with Crippen molar-refractivity contribution in [2.45, 2.75) is 77.2 Å². The first-order chi connectivity index (χ1) is 10.1. The first-order valence-electron chi connectivity index (χ1n) is 9.00. The number of nitrogens with one attached hydrogen (secondary N) is 1. The van der Waals surface area contributed by atoms with Crippen molar-refractivity contribution in [3.8, 4) is 6.07 Å². The van der Waals surface area contributed by atoms with Gasteiger partial charge in [0.25, 0.3) is 0 Å². The Morgan fingerprint density at radius 3 is 2.38 bits per heavy atom. The average molecular weight is 291 g/mol. The zero-order chi connectivity index (χ0) is 15.2. The van der Waals surface area contributed by atoms with Gasteiger partial charge in [0.05, 0.1) is 6.07 Å². The van der Waals surface area contributed by atoms with E-state index in [1.54, 1.807) is 0 Å². The monoisotopic (exact) mass is 291 g/mol. The van der Waals surface area contributed by atoms with Crippen LogP contribution >= 0.6 is 0 Å². The Balaban J connectivity index is 1.61. The molecule has 1 saturated carbocycles. The van der Waals surface area contributed by atoms with Gasteiger partial charge in [-0.05, 0) is 83.5 Å². The standard InChI is InChI=1S/C18H33N3/c1-3-20-17(2,16-19)8-6-7-13-21-14-11-18(12-15-21)9-4-5-10-18/h20H,3-15H2,1-2H3. The largest absolute Gasteiger partial charge is 0.303 e. The molecule has 1 aliphatic heterocycles. The minimum absolute atomic E-state index is 0.329.